The van der Waals surface area contributed by atoms with E-state index in [0.717, 1.165) is 5.56 Å². The van der Waals surface area contributed by atoms with Gasteiger partial charge in [-0.2, -0.15) is 0 Å². The smallest absolute Gasteiger partial charge is 0.315 e. The number of nitrogens with one attached hydrogen (secondary N) is 3. The second kappa shape index (κ2) is 11.3. The van der Waals surface area contributed by atoms with E-state index in [2.05, 4.69) is 16.0 Å². The number of urea groups is 1. The fraction of sp³-hybridized carbons (Fsp3) is 0.333. The van der Waals surface area contributed by atoms with Crippen LogP contribution < -0.4 is 16.0 Å². The zero-order valence-corrected chi connectivity index (χ0v) is 18.0. The Bertz CT molecular complexity index is 948. The van der Waals surface area contributed by atoms with Crippen molar-refractivity contribution >= 4 is 27.6 Å². The zero-order chi connectivity index (χ0) is 22.0. The number of sulfonamides is 1. The molecule has 0 radical (unpaired) electrons. The molecular weight excluding hydrogens is 404 g/mol. The van der Waals surface area contributed by atoms with Crippen molar-refractivity contribution in [3.63, 3.8) is 0 Å². The molecule has 0 fully saturated rings. The fourth-order valence-corrected chi connectivity index (χ4v) is 3.50. The van der Waals surface area contributed by atoms with Gasteiger partial charge in [0.05, 0.1) is 5.75 Å². The lowest BCUT2D eigenvalue weighted by molar-refractivity contribution is 0.102. The second-order valence-corrected chi connectivity index (χ2v) is 9.07. The molecule has 162 valence electrons. The lowest BCUT2D eigenvalue weighted by Gasteiger charge is -2.16. The predicted molar refractivity (Wildman–Crippen MR) is 118 cm³/mol. The van der Waals surface area contributed by atoms with Crippen molar-refractivity contribution in [1.82, 2.24) is 14.9 Å². The van der Waals surface area contributed by atoms with Gasteiger partial charge in [-0.05, 0) is 43.2 Å². The van der Waals surface area contributed by atoms with Crippen LogP contribution in [0.3, 0.4) is 0 Å². The van der Waals surface area contributed by atoms with Crippen molar-refractivity contribution < 1.29 is 18.0 Å². The zero-order valence-electron chi connectivity index (χ0n) is 17.2. The van der Waals surface area contributed by atoms with Gasteiger partial charge >= 0.3 is 6.03 Å². The molecule has 0 saturated heterocycles. The third-order valence-corrected chi connectivity index (χ3v) is 6.31. The van der Waals surface area contributed by atoms with E-state index < -0.39 is 10.0 Å². The van der Waals surface area contributed by atoms with Gasteiger partial charge in [0, 0.05) is 37.9 Å². The van der Waals surface area contributed by atoms with Crippen molar-refractivity contribution in [2.24, 2.45) is 0 Å². The third kappa shape index (κ3) is 7.49. The third-order valence-electron chi connectivity index (χ3n) is 4.45. The van der Waals surface area contributed by atoms with Crippen molar-refractivity contribution in [3.8, 4) is 0 Å². The summed E-state index contributed by atoms with van der Waals surface area (Å²) >= 11 is 0. The van der Waals surface area contributed by atoms with Crippen LogP contribution in [0.2, 0.25) is 0 Å². The van der Waals surface area contributed by atoms with Gasteiger partial charge in [-0.15, -0.1) is 0 Å². The van der Waals surface area contributed by atoms with Gasteiger partial charge in [-0.1, -0.05) is 30.3 Å². The standard InChI is InChI=1S/C21H28N4O4S/c1-3-30(28,29)25(2)14-8-13-22-21(27)23-16-17-9-7-10-18(15-17)20(26)24-19-11-5-4-6-12-19/h4-7,9-12,15H,3,8,13-14,16H2,1-2H3,(H,24,26)(H2,22,23,27). The largest absolute Gasteiger partial charge is 0.338 e. The first-order valence-electron chi connectivity index (χ1n) is 9.73. The fourth-order valence-electron chi connectivity index (χ4n) is 2.66. The first-order valence-corrected chi connectivity index (χ1v) is 11.3. The maximum absolute atomic E-state index is 12.4. The van der Waals surface area contributed by atoms with Crippen LogP contribution in [-0.2, 0) is 16.6 Å². The molecular formula is C21H28N4O4S. The summed E-state index contributed by atoms with van der Waals surface area (Å²) in [4.78, 5) is 24.3. The van der Waals surface area contributed by atoms with Gasteiger partial charge in [0.1, 0.15) is 0 Å². The Morgan fingerprint density at radius 2 is 1.73 bits per heavy atom. The molecule has 0 spiro atoms. The number of carbonyl (C=O) groups is 2. The normalized spacial score (nSPS) is 11.2. The van der Waals surface area contributed by atoms with Crippen LogP contribution in [0.4, 0.5) is 10.5 Å². The lowest BCUT2D eigenvalue weighted by atomic mass is 10.1. The Labute approximate surface area is 177 Å². The average molecular weight is 433 g/mol. The minimum absolute atomic E-state index is 0.0554. The minimum atomic E-state index is -3.20. The van der Waals surface area contributed by atoms with Gasteiger partial charge in [0.15, 0.2) is 0 Å². The molecule has 2 aromatic carbocycles. The molecule has 0 atom stereocenters. The summed E-state index contributed by atoms with van der Waals surface area (Å²) in [6.45, 7) is 2.56. The average Bonchev–Trinajstić information content (AvgIpc) is 2.76. The van der Waals surface area contributed by atoms with E-state index in [4.69, 9.17) is 0 Å². The molecule has 2 rings (SSSR count). The molecule has 2 aromatic rings. The summed E-state index contributed by atoms with van der Waals surface area (Å²) < 4.78 is 24.6. The Hall–Kier alpha value is -2.91. The van der Waals surface area contributed by atoms with Gasteiger partial charge in [0.25, 0.3) is 5.91 Å². The SMILES string of the molecule is CCS(=O)(=O)N(C)CCCNC(=O)NCc1cccc(C(=O)Nc2ccccc2)c1. The van der Waals surface area contributed by atoms with Crippen molar-refractivity contribution in [2.45, 2.75) is 19.9 Å². The lowest BCUT2D eigenvalue weighted by Crippen LogP contribution is -2.37. The van der Waals surface area contributed by atoms with E-state index in [0.29, 0.717) is 30.8 Å². The number of rotatable bonds is 10. The second-order valence-electron chi connectivity index (χ2n) is 6.71. The summed E-state index contributed by atoms with van der Waals surface area (Å²) in [6, 6.07) is 15.8. The van der Waals surface area contributed by atoms with Crippen LogP contribution in [0.1, 0.15) is 29.3 Å². The highest BCUT2D eigenvalue weighted by Gasteiger charge is 2.14. The van der Waals surface area contributed by atoms with Gasteiger partial charge in [-0.3, -0.25) is 4.79 Å². The topological polar surface area (TPSA) is 108 Å². The highest BCUT2D eigenvalue weighted by molar-refractivity contribution is 7.89. The van der Waals surface area contributed by atoms with Crippen molar-refractivity contribution in [1.29, 1.82) is 0 Å². The van der Waals surface area contributed by atoms with E-state index >= 15 is 0 Å². The first kappa shape index (κ1) is 23.4. The summed E-state index contributed by atoms with van der Waals surface area (Å²) in [7, 11) is -1.68. The maximum Gasteiger partial charge on any atom is 0.315 e. The summed E-state index contributed by atoms with van der Waals surface area (Å²) in [5, 5.41) is 8.25. The molecule has 0 saturated carbocycles. The molecule has 9 heteroatoms. The van der Waals surface area contributed by atoms with Crippen molar-refractivity contribution in [2.75, 3.05) is 31.2 Å². The minimum Gasteiger partial charge on any atom is -0.338 e. The van der Waals surface area contributed by atoms with Crippen molar-refractivity contribution in [3.05, 3.63) is 65.7 Å². The molecule has 0 unspecified atom stereocenters. The molecule has 3 amide bonds. The number of carbonyl (C=O) groups excluding carboxylic acids is 2. The Morgan fingerprint density at radius 3 is 2.43 bits per heavy atom. The maximum atomic E-state index is 12.4. The van der Waals surface area contributed by atoms with E-state index in [1.165, 1.54) is 11.4 Å². The monoisotopic (exact) mass is 432 g/mol. The summed E-state index contributed by atoms with van der Waals surface area (Å²) in [5.41, 5.74) is 2.00. The molecule has 0 bridgehead atoms. The van der Waals surface area contributed by atoms with Gasteiger partial charge in [0.2, 0.25) is 10.0 Å². The van der Waals surface area contributed by atoms with E-state index in [9.17, 15) is 18.0 Å². The molecule has 0 aliphatic rings. The van der Waals surface area contributed by atoms with Crippen LogP contribution in [-0.4, -0.2) is 50.6 Å². The van der Waals surface area contributed by atoms with Crippen LogP contribution in [0.25, 0.3) is 0 Å². The number of anilines is 1. The molecule has 3 N–H and O–H groups in total. The Kier molecular flexibility index (Phi) is 8.82. The molecule has 30 heavy (non-hydrogen) atoms. The van der Waals surface area contributed by atoms with Gasteiger partial charge in [-0.25, -0.2) is 17.5 Å². The number of hydrogen-bond donors (Lipinski definition) is 3. The molecule has 8 nitrogen and oxygen atoms in total. The van der Waals surface area contributed by atoms with Crippen LogP contribution in [0.5, 0.6) is 0 Å². The van der Waals surface area contributed by atoms with Crippen LogP contribution in [0, 0.1) is 0 Å². The number of hydrogen-bond acceptors (Lipinski definition) is 4. The number of amides is 3. The molecule has 0 heterocycles. The number of nitrogens with zero attached hydrogens (tertiary/aromatic N) is 1. The number of para-hydroxylation sites is 1. The van der Waals surface area contributed by atoms with Gasteiger partial charge < -0.3 is 16.0 Å². The molecule has 0 aliphatic carbocycles. The quantitative estimate of drug-likeness (QED) is 0.501. The van der Waals surface area contributed by atoms with Crippen LogP contribution >= 0.6 is 0 Å². The molecule has 0 aromatic heterocycles. The Balaban J connectivity index is 1.76. The highest BCUT2D eigenvalue weighted by atomic mass is 32.2. The highest BCUT2D eigenvalue weighted by Crippen LogP contribution is 2.10. The summed E-state index contributed by atoms with van der Waals surface area (Å²) in [6.07, 6.45) is 0.512. The predicted octanol–water partition coefficient (Wildman–Crippen LogP) is 2.41. The van der Waals surface area contributed by atoms with E-state index in [1.807, 2.05) is 36.4 Å². The first-order chi connectivity index (χ1) is 14.3. The van der Waals surface area contributed by atoms with E-state index in [1.54, 1.807) is 25.1 Å². The van der Waals surface area contributed by atoms with Crippen LogP contribution in [0.15, 0.2) is 54.6 Å². The molecule has 0 aliphatic heterocycles. The number of benzene rings is 2. The Morgan fingerprint density at radius 1 is 1.00 bits per heavy atom. The summed E-state index contributed by atoms with van der Waals surface area (Å²) in [5.74, 6) is -0.168. The van der Waals surface area contributed by atoms with E-state index in [-0.39, 0.29) is 24.2 Å².